The van der Waals surface area contributed by atoms with Crippen molar-refractivity contribution in [1.29, 1.82) is 0 Å². The van der Waals surface area contributed by atoms with E-state index in [4.69, 9.17) is 0 Å². The molecule has 0 aromatic carbocycles. The number of allylic oxidation sites excluding steroid dienone is 4. The van der Waals surface area contributed by atoms with Crippen LogP contribution in [0.1, 0.15) is 57.8 Å². The lowest BCUT2D eigenvalue weighted by Gasteiger charge is -2.05. The zero-order valence-corrected chi connectivity index (χ0v) is 11.3. The molecule has 0 saturated carbocycles. The predicted molar refractivity (Wildman–Crippen MR) is 79.7 cm³/mol. The van der Waals surface area contributed by atoms with E-state index in [0.29, 0.717) is 0 Å². The quantitative estimate of drug-likeness (QED) is 0.239. The molecule has 0 heteroatoms. The Kier molecular flexibility index (Phi) is 10.7. The highest BCUT2D eigenvalue weighted by Gasteiger charge is 1.98. The second-order valence-corrected chi connectivity index (χ2v) is 4.58. The molecule has 0 unspecified atom stereocenters. The molecule has 17 heavy (non-hydrogen) atoms. The van der Waals surface area contributed by atoms with Gasteiger partial charge in [-0.1, -0.05) is 29.9 Å². The highest BCUT2D eigenvalue weighted by atomic mass is 14.0. The Morgan fingerprint density at radius 1 is 0.941 bits per heavy atom. The van der Waals surface area contributed by atoms with Crippen molar-refractivity contribution in [2.24, 2.45) is 0 Å². The maximum absolute atomic E-state index is 4.11. The van der Waals surface area contributed by atoms with Crippen molar-refractivity contribution in [3.05, 3.63) is 50.3 Å². The van der Waals surface area contributed by atoms with Crippen molar-refractivity contribution in [1.82, 2.24) is 0 Å². The Bertz CT molecular complexity index is 232. The van der Waals surface area contributed by atoms with Crippen LogP contribution in [0.4, 0.5) is 0 Å². The fourth-order valence-corrected chi connectivity index (χ4v) is 1.77. The molecule has 0 heterocycles. The minimum Gasteiger partial charge on any atom is -0.103 e. The average Bonchev–Trinajstić information content (AvgIpc) is 2.33. The van der Waals surface area contributed by atoms with E-state index in [1.807, 2.05) is 6.08 Å². The zero-order valence-electron chi connectivity index (χ0n) is 11.3. The number of hydrogen-bond acceptors (Lipinski definition) is 0. The highest BCUT2D eigenvalue weighted by molar-refractivity contribution is 5.11. The van der Waals surface area contributed by atoms with Crippen LogP contribution in [0.2, 0.25) is 0 Å². The Morgan fingerprint density at radius 3 is 2.24 bits per heavy atom. The van der Waals surface area contributed by atoms with Gasteiger partial charge in [0.1, 0.15) is 0 Å². The fraction of sp³-hybridized carbons (Fsp3) is 0.529. The van der Waals surface area contributed by atoms with Crippen LogP contribution in [-0.2, 0) is 0 Å². The van der Waals surface area contributed by atoms with Gasteiger partial charge in [-0.15, -0.1) is 6.58 Å². The summed E-state index contributed by atoms with van der Waals surface area (Å²) in [5, 5.41) is 0. The van der Waals surface area contributed by atoms with Crippen LogP contribution in [-0.4, -0.2) is 0 Å². The maximum Gasteiger partial charge on any atom is 0.0853 e. The SMILES string of the molecule is C=CCC(=CCC(=C)CCC[CH2+])CCCC[CH2+]. The molecule has 94 valence electrons. The van der Waals surface area contributed by atoms with Crippen LogP contribution in [0, 0.1) is 13.8 Å². The first-order valence-electron chi connectivity index (χ1n) is 6.78. The average molecular weight is 232 g/mol. The third kappa shape index (κ3) is 9.86. The first kappa shape index (κ1) is 16.0. The molecule has 0 saturated heterocycles. The monoisotopic (exact) mass is 232 g/mol. The molecule has 0 radical (unpaired) electrons. The van der Waals surface area contributed by atoms with E-state index in [-0.39, 0.29) is 0 Å². The zero-order chi connectivity index (χ0) is 12.9. The minimum atomic E-state index is 1.01. The van der Waals surface area contributed by atoms with E-state index in [0.717, 1.165) is 38.5 Å². The Hall–Kier alpha value is -1.04. The summed E-state index contributed by atoms with van der Waals surface area (Å²) in [5.74, 6) is 0. The molecule has 0 aromatic heterocycles. The number of unbranched alkanes of at least 4 members (excludes halogenated alkanes) is 3. The van der Waals surface area contributed by atoms with E-state index in [9.17, 15) is 0 Å². The van der Waals surface area contributed by atoms with Crippen molar-refractivity contribution in [2.45, 2.75) is 57.8 Å². The van der Waals surface area contributed by atoms with Crippen molar-refractivity contribution < 1.29 is 0 Å². The van der Waals surface area contributed by atoms with Gasteiger partial charge in [0, 0.05) is 0 Å². The molecule has 0 aliphatic heterocycles. The lowest BCUT2D eigenvalue weighted by Crippen LogP contribution is -1.86. The van der Waals surface area contributed by atoms with Gasteiger partial charge >= 0.3 is 0 Å². The summed E-state index contributed by atoms with van der Waals surface area (Å²) < 4.78 is 0. The van der Waals surface area contributed by atoms with Crippen molar-refractivity contribution in [2.75, 3.05) is 0 Å². The molecule has 0 aromatic rings. The summed E-state index contributed by atoms with van der Waals surface area (Å²) in [5.41, 5.74) is 2.83. The molecular weight excluding hydrogens is 204 g/mol. The molecule has 0 N–H and O–H groups in total. The molecular formula is C17H28+2. The second-order valence-electron chi connectivity index (χ2n) is 4.58. The smallest absolute Gasteiger partial charge is 0.0853 e. The molecule has 0 aliphatic carbocycles. The summed E-state index contributed by atoms with van der Waals surface area (Å²) in [7, 11) is 0. The summed E-state index contributed by atoms with van der Waals surface area (Å²) in [6.45, 7) is 15.7. The first-order chi connectivity index (χ1) is 8.24. The van der Waals surface area contributed by atoms with Crippen LogP contribution >= 0.6 is 0 Å². The molecule has 0 bridgehead atoms. The van der Waals surface area contributed by atoms with Gasteiger partial charge in [0.25, 0.3) is 0 Å². The van der Waals surface area contributed by atoms with Crippen molar-refractivity contribution in [3.63, 3.8) is 0 Å². The molecule has 0 spiro atoms. The minimum absolute atomic E-state index is 1.01. The van der Waals surface area contributed by atoms with Gasteiger partial charge in [0.05, 0.1) is 26.7 Å². The molecule has 0 fully saturated rings. The summed E-state index contributed by atoms with van der Waals surface area (Å²) >= 11 is 0. The molecule has 0 amide bonds. The van der Waals surface area contributed by atoms with Gasteiger partial charge in [-0.25, -0.2) is 0 Å². The van der Waals surface area contributed by atoms with Crippen molar-refractivity contribution in [3.8, 4) is 0 Å². The van der Waals surface area contributed by atoms with Gasteiger partial charge in [0.15, 0.2) is 0 Å². The molecule has 0 atom stereocenters. The Labute approximate surface area is 109 Å². The van der Waals surface area contributed by atoms with Gasteiger partial charge in [-0.05, 0) is 44.9 Å². The van der Waals surface area contributed by atoms with Crippen LogP contribution in [0.5, 0.6) is 0 Å². The van der Waals surface area contributed by atoms with E-state index in [2.05, 4.69) is 33.1 Å². The number of hydrogen-bond donors (Lipinski definition) is 0. The third-order valence-electron chi connectivity index (χ3n) is 2.86. The van der Waals surface area contributed by atoms with Gasteiger partial charge in [-0.2, -0.15) is 0 Å². The van der Waals surface area contributed by atoms with E-state index in [1.165, 1.54) is 30.4 Å². The summed E-state index contributed by atoms with van der Waals surface area (Å²) in [4.78, 5) is 0. The largest absolute Gasteiger partial charge is 0.103 e. The van der Waals surface area contributed by atoms with Gasteiger partial charge < -0.3 is 0 Å². The summed E-state index contributed by atoms with van der Waals surface area (Å²) in [6.07, 6.45) is 14.3. The first-order valence-corrected chi connectivity index (χ1v) is 6.78. The maximum atomic E-state index is 4.11. The van der Waals surface area contributed by atoms with Crippen LogP contribution in [0.15, 0.2) is 36.5 Å². The van der Waals surface area contributed by atoms with E-state index in [1.54, 1.807) is 0 Å². The lowest BCUT2D eigenvalue weighted by molar-refractivity contribution is 0.729. The molecule has 0 nitrogen and oxygen atoms in total. The summed E-state index contributed by atoms with van der Waals surface area (Å²) in [6, 6.07) is 0. The lowest BCUT2D eigenvalue weighted by atomic mass is 10.0. The van der Waals surface area contributed by atoms with Gasteiger partial charge in [0.2, 0.25) is 0 Å². The molecule has 0 rings (SSSR count). The van der Waals surface area contributed by atoms with Crippen LogP contribution in [0.3, 0.4) is 0 Å². The van der Waals surface area contributed by atoms with Gasteiger partial charge in [-0.3, -0.25) is 0 Å². The molecule has 0 aliphatic rings. The van der Waals surface area contributed by atoms with E-state index >= 15 is 0 Å². The predicted octanol–water partition coefficient (Wildman–Crippen LogP) is 5.83. The normalized spacial score (nSPS) is 11.4. The van der Waals surface area contributed by atoms with Crippen LogP contribution in [0.25, 0.3) is 0 Å². The van der Waals surface area contributed by atoms with Crippen LogP contribution < -0.4 is 0 Å². The third-order valence-corrected chi connectivity index (χ3v) is 2.86. The topological polar surface area (TPSA) is 0 Å². The Balaban J connectivity index is 4.00. The fourth-order valence-electron chi connectivity index (χ4n) is 1.77. The van der Waals surface area contributed by atoms with Crippen molar-refractivity contribution >= 4 is 0 Å². The standard InChI is InChI=1S/C17H28/c1-5-8-10-13-17(11-7-3)15-14-16(4)12-9-6-2/h7,15H,1-6,8-14H2/q+2. The second kappa shape index (κ2) is 11.4. The van der Waals surface area contributed by atoms with E-state index < -0.39 is 0 Å². The highest BCUT2D eigenvalue weighted by Crippen LogP contribution is 2.17. The Morgan fingerprint density at radius 2 is 1.65 bits per heavy atom. The number of rotatable bonds is 11.